The summed E-state index contributed by atoms with van der Waals surface area (Å²) in [7, 11) is -3.84. The van der Waals surface area contributed by atoms with E-state index in [1.54, 1.807) is 25.1 Å². The van der Waals surface area contributed by atoms with E-state index < -0.39 is 21.9 Å². The number of nitrogens with one attached hydrogen (secondary N) is 1. The van der Waals surface area contributed by atoms with Crippen molar-refractivity contribution in [3.8, 4) is 0 Å². The molecule has 6 nitrogen and oxygen atoms in total. The van der Waals surface area contributed by atoms with Gasteiger partial charge in [0.25, 0.3) is 10.0 Å². The van der Waals surface area contributed by atoms with Crippen LogP contribution in [0.2, 0.25) is 5.02 Å². The standard InChI is InChI=1S/C22H21ClN2O4S/c1-14-6-7-16(23)12-21(14)30(28,29)24-19-8-9-20(18-5-3-2-4-17(18)19)25-11-10-15(13-25)22(26)27/h2-9,12,15,24H,10-11,13H2,1H3,(H,26,27)/t15-/m0/s1. The Bertz CT molecular complexity index is 1240. The topological polar surface area (TPSA) is 86.7 Å². The van der Waals surface area contributed by atoms with Gasteiger partial charge < -0.3 is 10.0 Å². The summed E-state index contributed by atoms with van der Waals surface area (Å²) in [6.07, 6.45) is 0.589. The van der Waals surface area contributed by atoms with Crippen LogP contribution in [0.4, 0.5) is 11.4 Å². The molecule has 8 heteroatoms. The molecule has 0 aliphatic carbocycles. The van der Waals surface area contributed by atoms with Gasteiger partial charge in [0.15, 0.2) is 0 Å². The number of carboxylic acid groups (broad SMARTS) is 1. The summed E-state index contributed by atoms with van der Waals surface area (Å²) in [5.74, 6) is -1.18. The van der Waals surface area contributed by atoms with Crippen molar-refractivity contribution in [1.82, 2.24) is 0 Å². The molecule has 0 radical (unpaired) electrons. The van der Waals surface area contributed by atoms with Crippen molar-refractivity contribution in [3.05, 3.63) is 65.2 Å². The minimum absolute atomic E-state index is 0.131. The van der Waals surface area contributed by atoms with Crippen LogP contribution in [0.25, 0.3) is 10.8 Å². The largest absolute Gasteiger partial charge is 0.481 e. The molecule has 1 fully saturated rings. The van der Waals surface area contributed by atoms with Gasteiger partial charge in [-0.05, 0) is 43.2 Å². The van der Waals surface area contributed by atoms with Crippen molar-refractivity contribution in [2.75, 3.05) is 22.7 Å². The Morgan fingerprint density at radius 3 is 2.57 bits per heavy atom. The van der Waals surface area contributed by atoms with Crippen molar-refractivity contribution in [2.45, 2.75) is 18.2 Å². The maximum Gasteiger partial charge on any atom is 0.308 e. The highest BCUT2D eigenvalue weighted by molar-refractivity contribution is 7.92. The first-order chi connectivity index (χ1) is 14.3. The van der Waals surface area contributed by atoms with E-state index in [4.69, 9.17) is 11.6 Å². The molecular weight excluding hydrogens is 424 g/mol. The number of hydrogen-bond acceptors (Lipinski definition) is 4. The molecule has 30 heavy (non-hydrogen) atoms. The summed E-state index contributed by atoms with van der Waals surface area (Å²) >= 11 is 6.01. The first-order valence-electron chi connectivity index (χ1n) is 9.55. The first kappa shape index (κ1) is 20.5. The number of aryl methyl sites for hydroxylation is 1. The second-order valence-corrected chi connectivity index (χ2v) is 9.55. The Morgan fingerprint density at radius 2 is 1.87 bits per heavy atom. The van der Waals surface area contributed by atoms with Crippen LogP contribution in [-0.4, -0.2) is 32.6 Å². The van der Waals surface area contributed by atoms with E-state index in [0.29, 0.717) is 35.8 Å². The molecule has 1 atom stereocenters. The molecule has 0 amide bonds. The highest BCUT2D eigenvalue weighted by atomic mass is 35.5. The Labute approximate surface area is 180 Å². The zero-order valence-electron chi connectivity index (χ0n) is 16.3. The number of halogens is 1. The maximum atomic E-state index is 13.0. The minimum Gasteiger partial charge on any atom is -0.481 e. The second-order valence-electron chi connectivity index (χ2n) is 7.46. The van der Waals surface area contributed by atoms with Crippen molar-refractivity contribution in [2.24, 2.45) is 5.92 Å². The number of rotatable bonds is 5. The average Bonchev–Trinajstić information content (AvgIpc) is 3.20. The van der Waals surface area contributed by atoms with Gasteiger partial charge in [0.2, 0.25) is 0 Å². The predicted molar refractivity (Wildman–Crippen MR) is 119 cm³/mol. The van der Waals surface area contributed by atoms with E-state index in [0.717, 1.165) is 16.5 Å². The van der Waals surface area contributed by atoms with Gasteiger partial charge in [-0.2, -0.15) is 0 Å². The Hall–Kier alpha value is -2.77. The van der Waals surface area contributed by atoms with Crippen molar-refractivity contribution in [1.29, 1.82) is 0 Å². The molecular formula is C22H21ClN2O4S. The summed E-state index contributed by atoms with van der Waals surface area (Å²) in [5, 5.41) is 11.3. The average molecular weight is 445 g/mol. The van der Waals surface area contributed by atoms with Gasteiger partial charge in [0, 0.05) is 34.6 Å². The third-order valence-electron chi connectivity index (χ3n) is 5.46. The SMILES string of the molecule is Cc1ccc(Cl)cc1S(=O)(=O)Nc1ccc(N2CC[C@H](C(=O)O)C2)c2ccccc12. The van der Waals surface area contributed by atoms with Crippen molar-refractivity contribution < 1.29 is 18.3 Å². The summed E-state index contributed by atoms with van der Waals surface area (Å²) in [6.45, 7) is 2.80. The Balaban J connectivity index is 1.73. The van der Waals surface area contributed by atoms with E-state index in [2.05, 4.69) is 4.72 Å². The number of carbonyl (C=O) groups is 1. The van der Waals surface area contributed by atoms with Crippen LogP contribution in [0.15, 0.2) is 59.5 Å². The van der Waals surface area contributed by atoms with Gasteiger partial charge in [-0.15, -0.1) is 0 Å². The highest BCUT2D eigenvalue weighted by Gasteiger charge is 2.29. The molecule has 1 saturated heterocycles. The number of benzene rings is 3. The third kappa shape index (κ3) is 3.82. The lowest BCUT2D eigenvalue weighted by Gasteiger charge is -2.22. The lowest BCUT2D eigenvalue weighted by atomic mass is 10.1. The van der Waals surface area contributed by atoms with Gasteiger partial charge in [0.05, 0.1) is 16.5 Å². The summed E-state index contributed by atoms with van der Waals surface area (Å²) in [4.78, 5) is 13.5. The van der Waals surface area contributed by atoms with E-state index in [9.17, 15) is 18.3 Å². The number of aliphatic carboxylic acids is 1. The summed E-state index contributed by atoms with van der Waals surface area (Å²) in [6, 6.07) is 15.8. The van der Waals surface area contributed by atoms with E-state index in [1.165, 1.54) is 6.07 Å². The van der Waals surface area contributed by atoms with Gasteiger partial charge in [0.1, 0.15) is 0 Å². The van der Waals surface area contributed by atoms with Crippen LogP contribution in [0, 0.1) is 12.8 Å². The normalized spacial score (nSPS) is 16.7. The highest BCUT2D eigenvalue weighted by Crippen LogP contribution is 2.36. The van der Waals surface area contributed by atoms with Crippen LogP contribution in [0.5, 0.6) is 0 Å². The molecule has 0 spiro atoms. The number of nitrogens with zero attached hydrogens (tertiary/aromatic N) is 1. The molecule has 0 aromatic heterocycles. The lowest BCUT2D eigenvalue weighted by Crippen LogP contribution is -2.23. The fourth-order valence-corrected chi connectivity index (χ4v) is 5.48. The Kier molecular flexibility index (Phi) is 5.34. The molecule has 0 unspecified atom stereocenters. The number of sulfonamides is 1. The smallest absolute Gasteiger partial charge is 0.308 e. The molecule has 1 aliphatic heterocycles. The molecule has 1 heterocycles. The van der Waals surface area contributed by atoms with E-state index in [1.807, 2.05) is 35.2 Å². The van der Waals surface area contributed by atoms with E-state index >= 15 is 0 Å². The molecule has 0 saturated carbocycles. The zero-order valence-corrected chi connectivity index (χ0v) is 17.9. The van der Waals surface area contributed by atoms with Crippen LogP contribution in [0.3, 0.4) is 0 Å². The number of fused-ring (bicyclic) bond motifs is 1. The molecule has 1 aliphatic rings. The van der Waals surface area contributed by atoms with Crippen LogP contribution in [0.1, 0.15) is 12.0 Å². The van der Waals surface area contributed by atoms with Gasteiger partial charge in [-0.25, -0.2) is 8.42 Å². The molecule has 3 aromatic carbocycles. The zero-order chi connectivity index (χ0) is 21.5. The van der Waals surface area contributed by atoms with Crippen LogP contribution >= 0.6 is 11.6 Å². The number of hydrogen-bond donors (Lipinski definition) is 2. The maximum absolute atomic E-state index is 13.0. The summed E-state index contributed by atoms with van der Waals surface area (Å²) in [5.41, 5.74) is 1.96. The van der Waals surface area contributed by atoms with E-state index in [-0.39, 0.29) is 4.90 Å². The molecule has 2 N–H and O–H groups in total. The molecule has 0 bridgehead atoms. The van der Waals surface area contributed by atoms with Gasteiger partial charge >= 0.3 is 5.97 Å². The fourth-order valence-electron chi connectivity index (χ4n) is 3.89. The summed E-state index contributed by atoms with van der Waals surface area (Å²) < 4.78 is 28.8. The molecule has 156 valence electrons. The molecule has 3 aromatic rings. The van der Waals surface area contributed by atoms with Crippen molar-refractivity contribution in [3.63, 3.8) is 0 Å². The second kappa shape index (κ2) is 7.81. The Morgan fingerprint density at radius 1 is 1.13 bits per heavy atom. The van der Waals surface area contributed by atoms with Crippen LogP contribution in [-0.2, 0) is 14.8 Å². The lowest BCUT2D eigenvalue weighted by molar-refractivity contribution is -0.140. The minimum atomic E-state index is -3.84. The molecule has 4 rings (SSSR count). The predicted octanol–water partition coefficient (Wildman–Crippen LogP) is 4.51. The third-order valence-corrected chi connectivity index (χ3v) is 7.21. The van der Waals surface area contributed by atoms with Crippen LogP contribution < -0.4 is 9.62 Å². The van der Waals surface area contributed by atoms with Gasteiger partial charge in [-0.1, -0.05) is 41.9 Å². The fraction of sp³-hybridized carbons (Fsp3) is 0.227. The first-order valence-corrected chi connectivity index (χ1v) is 11.4. The van der Waals surface area contributed by atoms with Crippen molar-refractivity contribution >= 4 is 49.7 Å². The quantitative estimate of drug-likeness (QED) is 0.604. The number of carboxylic acids is 1. The van der Waals surface area contributed by atoms with Gasteiger partial charge in [-0.3, -0.25) is 9.52 Å². The number of anilines is 2. The monoisotopic (exact) mass is 444 g/mol.